The molecule has 0 unspecified atom stereocenters. The van der Waals surface area contributed by atoms with E-state index in [2.05, 4.69) is 0 Å². The van der Waals surface area contributed by atoms with E-state index in [0.717, 1.165) is 16.7 Å². The van der Waals surface area contributed by atoms with Crippen LogP contribution >= 0.6 is 0 Å². The molecule has 4 aromatic carbocycles. The van der Waals surface area contributed by atoms with E-state index in [-0.39, 0.29) is 5.78 Å². The Hall–Kier alpha value is -5.03. The Kier molecular flexibility index (Phi) is 10.3. The van der Waals surface area contributed by atoms with E-state index < -0.39 is 0 Å². The molecule has 5 nitrogen and oxygen atoms in total. The summed E-state index contributed by atoms with van der Waals surface area (Å²) >= 11 is 0. The van der Waals surface area contributed by atoms with Gasteiger partial charge in [0.2, 0.25) is 0 Å². The fraction of sp³-hybridized carbons (Fsp3) is 0.114. The molecule has 0 amide bonds. The van der Waals surface area contributed by atoms with Crippen molar-refractivity contribution >= 4 is 11.9 Å². The van der Waals surface area contributed by atoms with Crippen LogP contribution in [0.15, 0.2) is 128 Å². The number of allylic oxidation sites excluding steroid dienone is 3. The van der Waals surface area contributed by atoms with Gasteiger partial charge in [-0.25, -0.2) is 0 Å². The number of hydrogen-bond acceptors (Lipinski definition) is 5. The van der Waals surface area contributed by atoms with Crippen molar-refractivity contribution in [1.29, 1.82) is 0 Å². The molecule has 0 aromatic heterocycles. The predicted octanol–water partition coefficient (Wildman–Crippen LogP) is 8.57. The van der Waals surface area contributed by atoms with Crippen molar-refractivity contribution < 1.29 is 23.7 Å². The smallest absolute Gasteiger partial charge is 0.189 e. The average Bonchev–Trinajstić information content (AvgIpc) is 3.01. The van der Waals surface area contributed by atoms with Crippen LogP contribution in [0.1, 0.15) is 40.9 Å². The molecule has 0 saturated carbocycles. The van der Waals surface area contributed by atoms with Gasteiger partial charge in [0.05, 0.1) is 18.1 Å². The van der Waals surface area contributed by atoms with Gasteiger partial charge in [-0.3, -0.25) is 4.79 Å². The first kappa shape index (κ1) is 28.0. The van der Waals surface area contributed by atoms with Gasteiger partial charge < -0.3 is 18.9 Å². The average molecular weight is 533 g/mol. The number of carbonyl (C=O) groups is 1. The van der Waals surface area contributed by atoms with Crippen molar-refractivity contribution in [1.82, 2.24) is 0 Å². The van der Waals surface area contributed by atoms with Crippen LogP contribution in [-0.2, 0) is 13.2 Å². The second-order valence-corrected chi connectivity index (χ2v) is 8.78. The minimum atomic E-state index is -0.205. The van der Waals surface area contributed by atoms with Crippen LogP contribution in [0.3, 0.4) is 0 Å². The summed E-state index contributed by atoms with van der Waals surface area (Å²) in [4.78, 5) is 13.4. The van der Waals surface area contributed by atoms with Crippen molar-refractivity contribution in [2.45, 2.75) is 27.1 Å². The lowest BCUT2D eigenvalue weighted by Crippen LogP contribution is -2.04. The Labute approximate surface area is 235 Å². The number of rotatable bonds is 13. The quantitative estimate of drug-likeness (QED) is 0.0981. The Morgan fingerprint density at radius 1 is 0.650 bits per heavy atom. The zero-order valence-corrected chi connectivity index (χ0v) is 22.7. The minimum absolute atomic E-state index is 0.205. The van der Waals surface area contributed by atoms with Crippen molar-refractivity contribution in [3.8, 4) is 23.0 Å². The highest BCUT2D eigenvalue weighted by Gasteiger charge is 2.13. The lowest BCUT2D eigenvalue weighted by molar-refractivity contribution is 0.104. The molecule has 0 fully saturated rings. The summed E-state index contributed by atoms with van der Waals surface area (Å²) in [6.07, 6.45) is 10.0. The molecule has 0 heterocycles. The fourth-order valence-corrected chi connectivity index (χ4v) is 3.76. The number of ether oxygens (including phenoxy) is 4. The first-order valence-corrected chi connectivity index (χ1v) is 13.1. The standard InChI is InChI=1S/C35H32O5/c1-3-21-37-30-17-15-29(34(23-30)38-22-4-2)16-20-33(36)32-19-18-31(39-25-27-11-7-5-8-12-27)24-35(32)40-26-28-13-9-6-10-14-28/h3-24H,25-26H2,1-2H3. The molecule has 40 heavy (non-hydrogen) atoms. The largest absolute Gasteiger partial charge is 0.489 e. The SMILES string of the molecule is CC=COc1ccc(C=CC(=O)c2ccc(OCc3ccccc3)cc2OCc2ccccc2)c(OC=CC)c1. The third-order valence-electron chi connectivity index (χ3n) is 5.77. The highest BCUT2D eigenvalue weighted by molar-refractivity contribution is 6.08. The molecule has 5 heteroatoms. The molecule has 4 rings (SSSR count). The second-order valence-electron chi connectivity index (χ2n) is 8.78. The van der Waals surface area contributed by atoms with Crippen molar-refractivity contribution in [2.75, 3.05) is 0 Å². The molecule has 0 saturated heterocycles. The summed E-state index contributed by atoms with van der Waals surface area (Å²) < 4.78 is 23.4. The Balaban J connectivity index is 1.57. The van der Waals surface area contributed by atoms with E-state index in [0.29, 0.717) is 41.8 Å². The predicted molar refractivity (Wildman–Crippen MR) is 159 cm³/mol. The summed E-state index contributed by atoms with van der Waals surface area (Å²) in [7, 11) is 0. The highest BCUT2D eigenvalue weighted by Crippen LogP contribution is 2.30. The Bertz CT molecular complexity index is 1470. The molecule has 0 bridgehead atoms. The topological polar surface area (TPSA) is 54.0 Å². The first-order chi connectivity index (χ1) is 19.7. The van der Waals surface area contributed by atoms with E-state index in [1.165, 1.54) is 6.08 Å². The summed E-state index contributed by atoms with van der Waals surface area (Å²) in [5, 5.41) is 0. The fourth-order valence-electron chi connectivity index (χ4n) is 3.76. The maximum atomic E-state index is 13.4. The van der Waals surface area contributed by atoms with Crippen LogP contribution in [0, 0.1) is 0 Å². The van der Waals surface area contributed by atoms with Crippen molar-refractivity contribution in [3.05, 3.63) is 150 Å². The second kappa shape index (κ2) is 14.8. The Morgan fingerprint density at radius 2 is 1.25 bits per heavy atom. The summed E-state index contributed by atoms with van der Waals surface area (Å²) in [5.74, 6) is 2.05. The molecule has 0 radical (unpaired) electrons. The number of carbonyl (C=O) groups excluding carboxylic acids is 1. The summed E-state index contributed by atoms with van der Waals surface area (Å²) in [5.41, 5.74) is 3.21. The van der Waals surface area contributed by atoms with Gasteiger partial charge in [-0.1, -0.05) is 72.8 Å². The van der Waals surface area contributed by atoms with Gasteiger partial charge in [0.1, 0.15) is 36.2 Å². The van der Waals surface area contributed by atoms with Gasteiger partial charge in [0.15, 0.2) is 5.78 Å². The number of ketones is 1. The van der Waals surface area contributed by atoms with Crippen LogP contribution in [-0.4, -0.2) is 5.78 Å². The third kappa shape index (κ3) is 8.23. The Morgan fingerprint density at radius 3 is 1.93 bits per heavy atom. The van der Waals surface area contributed by atoms with Gasteiger partial charge in [-0.15, -0.1) is 0 Å². The zero-order chi connectivity index (χ0) is 28.0. The van der Waals surface area contributed by atoms with E-state index >= 15 is 0 Å². The van der Waals surface area contributed by atoms with Crippen LogP contribution in [0.5, 0.6) is 23.0 Å². The molecule has 0 aliphatic carbocycles. The van der Waals surface area contributed by atoms with Gasteiger partial charge in [-0.05, 0) is 61.4 Å². The number of hydrogen-bond donors (Lipinski definition) is 0. The van der Waals surface area contributed by atoms with Crippen LogP contribution < -0.4 is 18.9 Å². The molecular weight excluding hydrogens is 500 g/mol. The third-order valence-corrected chi connectivity index (χ3v) is 5.77. The molecule has 202 valence electrons. The van der Waals surface area contributed by atoms with Gasteiger partial charge >= 0.3 is 0 Å². The van der Waals surface area contributed by atoms with Crippen LogP contribution in [0.2, 0.25) is 0 Å². The van der Waals surface area contributed by atoms with E-state index in [1.807, 2.05) is 86.6 Å². The maximum Gasteiger partial charge on any atom is 0.189 e. The zero-order valence-electron chi connectivity index (χ0n) is 22.7. The van der Waals surface area contributed by atoms with Crippen molar-refractivity contribution in [3.63, 3.8) is 0 Å². The minimum Gasteiger partial charge on any atom is -0.489 e. The monoisotopic (exact) mass is 532 g/mol. The molecule has 0 aliphatic rings. The first-order valence-electron chi connectivity index (χ1n) is 13.1. The van der Waals surface area contributed by atoms with Crippen LogP contribution in [0.4, 0.5) is 0 Å². The molecular formula is C35H32O5. The molecule has 0 N–H and O–H groups in total. The highest BCUT2D eigenvalue weighted by atomic mass is 16.5. The normalized spacial score (nSPS) is 11.2. The summed E-state index contributed by atoms with van der Waals surface area (Å²) in [6, 6.07) is 30.5. The van der Waals surface area contributed by atoms with Gasteiger partial charge in [0, 0.05) is 17.7 Å². The van der Waals surface area contributed by atoms with Crippen molar-refractivity contribution in [2.24, 2.45) is 0 Å². The summed E-state index contributed by atoms with van der Waals surface area (Å²) in [6.45, 7) is 4.47. The number of benzene rings is 4. The lowest BCUT2D eigenvalue weighted by Gasteiger charge is -2.13. The van der Waals surface area contributed by atoms with E-state index in [4.69, 9.17) is 18.9 Å². The molecule has 0 aliphatic heterocycles. The molecule has 0 atom stereocenters. The van der Waals surface area contributed by atoms with E-state index in [9.17, 15) is 4.79 Å². The van der Waals surface area contributed by atoms with E-state index in [1.54, 1.807) is 55.0 Å². The molecule has 0 spiro atoms. The van der Waals surface area contributed by atoms with Gasteiger partial charge in [0.25, 0.3) is 0 Å². The molecule has 4 aromatic rings. The van der Waals surface area contributed by atoms with Crippen LogP contribution in [0.25, 0.3) is 6.08 Å². The maximum absolute atomic E-state index is 13.4. The van der Waals surface area contributed by atoms with Gasteiger partial charge in [-0.2, -0.15) is 0 Å². The lowest BCUT2D eigenvalue weighted by atomic mass is 10.1.